The second-order valence-corrected chi connectivity index (χ2v) is 20.1. The van der Waals surface area contributed by atoms with E-state index in [1.54, 1.807) is 6.07 Å². The van der Waals surface area contributed by atoms with Gasteiger partial charge in [-0.15, -0.1) is 0 Å². The minimum absolute atomic E-state index is 0.0220. The molecule has 0 radical (unpaired) electrons. The van der Waals surface area contributed by atoms with Crippen LogP contribution in [-0.4, -0.2) is 191 Å². The highest BCUT2D eigenvalue weighted by Crippen LogP contribution is 2.72. The quantitative estimate of drug-likeness (QED) is 0.0846. The maximum atomic E-state index is 13.0. The van der Waals surface area contributed by atoms with E-state index in [0.717, 1.165) is 5.56 Å². The molecule has 3 aliphatic heterocycles. The molecule has 8 rings (SSSR count). The van der Waals surface area contributed by atoms with Gasteiger partial charge in [0.2, 0.25) is 0 Å². The highest BCUT2D eigenvalue weighted by atomic mass is 16.8. The first-order chi connectivity index (χ1) is 30.6. The third-order valence-corrected chi connectivity index (χ3v) is 16.7. The van der Waals surface area contributed by atoms with Crippen LogP contribution in [-0.2, 0) is 38.0 Å². The fourth-order valence-electron chi connectivity index (χ4n) is 13.2. The minimum atomic E-state index is -1.91. The van der Waals surface area contributed by atoms with Crippen molar-refractivity contribution >= 4 is 5.97 Å². The molecule has 3 saturated heterocycles. The average molecular weight is 931 g/mol. The van der Waals surface area contributed by atoms with Crippen LogP contribution in [0, 0.1) is 22.7 Å². The summed E-state index contributed by atoms with van der Waals surface area (Å²) >= 11 is 0. The number of hydrogen-bond donors (Lipinski definition) is 11. The number of aliphatic hydroxyl groups excluding tert-OH is 9. The maximum Gasteiger partial charge on any atom is 0.335 e. The van der Waals surface area contributed by atoms with Crippen LogP contribution in [0.25, 0.3) is 0 Å². The van der Waals surface area contributed by atoms with Crippen LogP contribution in [0.5, 0.6) is 0 Å². The summed E-state index contributed by atoms with van der Waals surface area (Å²) in [5.74, 6) is -1.47. The van der Waals surface area contributed by atoms with E-state index in [2.05, 4.69) is 6.92 Å². The lowest BCUT2D eigenvalue weighted by molar-refractivity contribution is -0.379. The van der Waals surface area contributed by atoms with E-state index in [9.17, 15) is 65.8 Å². The van der Waals surface area contributed by atoms with Crippen molar-refractivity contribution in [2.24, 2.45) is 22.7 Å². The van der Waals surface area contributed by atoms with Crippen LogP contribution in [0.15, 0.2) is 27.6 Å². The predicted molar refractivity (Wildman–Crippen MR) is 216 cm³/mol. The molecule has 4 aliphatic carbocycles. The van der Waals surface area contributed by atoms with E-state index in [-0.39, 0.29) is 30.6 Å². The van der Waals surface area contributed by atoms with Gasteiger partial charge in [-0.3, -0.25) is 4.79 Å². The molecule has 0 aromatic carbocycles. The Hall–Kier alpha value is -2.26. The number of fused-ring (bicyclic) bond motifs is 5. The van der Waals surface area contributed by atoms with Crippen molar-refractivity contribution in [3.8, 4) is 0 Å². The predicted octanol–water partition coefficient (Wildman–Crippen LogP) is -2.60. The highest BCUT2D eigenvalue weighted by molar-refractivity contribution is 5.66. The van der Waals surface area contributed by atoms with Crippen molar-refractivity contribution in [3.05, 3.63) is 34.4 Å². The molecule has 4 saturated carbocycles. The molecule has 21 heteroatoms. The normalized spacial score (nSPS) is 52.2. The average Bonchev–Trinajstić information content (AvgIpc) is 3.55. The van der Waals surface area contributed by atoms with Crippen molar-refractivity contribution in [2.75, 3.05) is 13.2 Å². The highest BCUT2D eigenvalue weighted by Gasteiger charge is 2.76. The van der Waals surface area contributed by atoms with E-state index in [0.29, 0.717) is 38.5 Å². The molecule has 0 bridgehead atoms. The van der Waals surface area contributed by atoms with E-state index in [1.165, 1.54) is 26.2 Å². The Kier molecular flexibility index (Phi) is 13.8. The van der Waals surface area contributed by atoms with Gasteiger partial charge in [-0.2, -0.15) is 0 Å². The number of hydrogen-bond acceptors (Lipinski definition) is 21. The van der Waals surface area contributed by atoms with Crippen molar-refractivity contribution in [1.29, 1.82) is 0 Å². The minimum Gasteiger partial charge on any atom is -0.462 e. The molecule has 24 atom stereocenters. The molecule has 65 heavy (non-hydrogen) atoms. The molecule has 1 aromatic heterocycles. The summed E-state index contributed by atoms with van der Waals surface area (Å²) in [6.45, 7) is 5.29. The van der Waals surface area contributed by atoms with Crippen LogP contribution < -0.4 is 5.63 Å². The molecule has 0 amide bonds. The van der Waals surface area contributed by atoms with Crippen molar-refractivity contribution in [2.45, 2.75) is 201 Å². The van der Waals surface area contributed by atoms with Gasteiger partial charge in [0.1, 0.15) is 78.8 Å². The zero-order valence-corrected chi connectivity index (χ0v) is 36.9. The first-order valence-electron chi connectivity index (χ1n) is 22.7. The molecule has 0 spiro atoms. The summed E-state index contributed by atoms with van der Waals surface area (Å²) in [5.41, 5.74) is -4.32. The lowest BCUT2D eigenvalue weighted by atomic mass is 9.40. The van der Waals surface area contributed by atoms with E-state index < -0.39 is 151 Å². The van der Waals surface area contributed by atoms with Crippen LogP contribution in [0.3, 0.4) is 0 Å². The third kappa shape index (κ3) is 8.12. The molecule has 4 heterocycles. The summed E-state index contributed by atoms with van der Waals surface area (Å²) in [6, 6.07) is 3.07. The summed E-state index contributed by atoms with van der Waals surface area (Å²) in [4.78, 5) is 24.5. The molecule has 0 unspecified atom stereocenters. The Labute approximate surface area is 374 Å². The summed E-state index contributed by atoms with van der Waals surface area (Å²) in [6.07, 6.45) is -20.9. The van der Waals surface area contributed by atoms with Gasteiger partial charge in [0.25, 0.3) is 0 Å². The van der Waals surface area contributed by atoms with E-state index in [1.807, 2.05) is 6.92 Å². The van der Waals surface area contributed by atoms with Crippen LogP contribution in [0.1, 0.15) is 90.5 Å². The van der Waals surface area contributed by atoms with Gasteiger partial charge in [0.15, 0.2) is 18.9 Å². The lowest BCUT2D eigenvalue weighted by Crippen LogP contribution is -2.75. The monoisotopic (exact) mass is 930 g/mol. The van der Waals surface area contributed by atoms with E-state index in [4.69, 9.17) is 37.6 Å². The number of rotatable bonds is 10. The summed E-state index contributed by atoms with van der Waals surface area (Å²) < 4.78 is 46.2. The molecule has 21 nitrogen and oxygen atoms in total. The first kappa shape index (κ1) is 49.2. The lowest BCUT2D eigenvalue weighted by Gasteiger charge is -2.68. The molecule has 1 aromatic rings. The first-order valence-corrected chi connectivity index (χ1v) is 22.7. The maximum absolute atomic E-state index is 13.0. The largest absolute Gasteiger partial charge is 0.462 e. The Bertz CT molecular complexity index is 1880. The third-order valence-electron chi connectivity index (χ3n) is 16.7. The number of esters is 1. The molecule has 7 aliphatic rings. The van der Waals surface area contributed by atoms with Gasteiger partial charge in [-0.05, 0) is 80.8 Å². The second-order valence-electron chi connectivity index (χ2n) is 20.1. The number of aliphatic hydroxyl groups is 11. The Morgan fingerprint density at radius 2 is 1.35 bits per heavy atom. The van der Waals surface area contributed by atoms with Crippen molar-refractivity contribution < 1.29 is 98.5 Å². The summed E-state index contributed by atoms with van der Waals surface area (Å²) in [7, 11) is 0. The topological polar surface area (TPSA) is 334 Å². The Morgan fingerprint density at radius 1 is 0.738 bits per heavy atom. The fourth-order valence-corrected chi connectivity index (χ4v) is 13.2. The number of carbonyl (C=O) groups is 1. The zero-order chi connectivity index (χ0) is 47.1. The van der Waals surface area contributed by atoms with E-state index >= 15 is 0 Å². The van der Waals surface area contributed by atoms with Gasteiger partial charge in [-0.1, -0.05) is 13.8 Å². The van der Waals surface area contributed by atoms with Crippen molar-refractivity contribution in [1.82, 2.24) is 0 Å². The Morgan fingerprint density at radius 3 is 1.98 bits per heavy atom. The van der Waals surface area contributed by atoms with Gasteiger partial charge >= 0.3 is 11.6 Å². The Balaban J connectivity index is 0.926. The van der Waals surface area contributed by atoms with Crippen LogP contribution in [0.4, 0.5) is 0 Å². The van der Waals surface area contributed by atoms with Gasteiger partial charge < -0.3 is 93.7 Å². The molecule has 7 fully saturated rings. The smallest absolute Gasteiger partial charge is 0.335 e. The summed E-state index contributed by atoms with van der Waals surface area (Å²) in [5, 5.41) is 121. The molecular weight excluding hydrogens is 864 g/mol. The van der Waals surface area contributed by atoms with Crippen molar-refractivity contribution in [3.63, 3.8) is 0 Å². The molecule has 11 N–H and O–H groups in total. The zero-order valence-electron chi connectivity index (χ0n) is 36.9. The van der Waals surface area contributed by atoms with Crippen LogP contribution in [0.2, 0.25) is 0 Å². The van der Waals surface area contributed by atoms with Crippen LogP contribution >= 0.6 is 0 Å². The second kappa shape index (κ2) is 18.2. The molecular formula is C44H66O21. The number of carbonyl (C=O) groups excluding carboxylic acids is 1. The number of ether oxygens (including phenoxy) is 7. The SMILES string of the molecule is CC(=O)O[C@@H]1C[C@]2(O)[C@H](CC[C@]3(C)[C@@H](c4ccc(=O)oc4)CC[C@@]32O)[C@@]2(C)CC[C@H](O[C@@H]3O[C@@H](C)[C@H](O[C@@H]4O[C@H](CO)[C@@H](O[C@@H]5O[C@H](CO)[C@@H](O)[C@H](O)[C@H]5O)[C@H](O)[C@H]4O)[C@@H](O)[C@H]3O)C[C@H]12. The van der Waals surface area contributed by atoms with Gasteiger partial charge in [-0.25, -0.2) is 4.79 Å². The molecule has 368 valence electrons. The fraction of sp³-hybridized carbons (Fsp3) is 0.864. The van der Waals surface area contributed by atoms with Gasteiger partial charge in [0.05, 0.1) is 37.3 Å². The standard InChI is InChI=1S/C44H66O21/c1-18-36(64-40-35(55)32(52)37(26(16-46)63-40)65-39-33(53)30(50)29(49)25(15-45)62-39)31(51)34(54)38(59-18)61-21-7-10-41(3)23(13-21)24(60-19(2)47)14-43(56)27(41)9-11-42(4)22(8-12-44(42,43)57)20-5-6-28(48)58-17-20/h5-6,17-18,21-27,29-40,45-46,49-57H,7-16H2,1-4H3/t18-,21-,22+,23+,24+,25+,26+,27+,29+,30-,31-,32+,33+,34+,35+,36-,37+,38-,39-,40-,41-,42+,43-,44+/m0/s1. The van der Waals surface area contributed by atoms with Gasteiger partial charge in [0, 0.05) is 30.7 Å².